The van der Waals surface area contributed by atoms with Gasteiger partial charge in [0.15, 0.2) is 0 Å². The van der Waals surface area contributed by atoms with Crippen molar-refractivity contribution in [3.05, 3.63) is 52.2 Å². The Morgan fingerprint density at radius 2 is 1.79 bits per heavy atom. The van der Waals surface area contributed by atoms with Crippen molar-refractivity contribution >= 4 is 22.7 Å². The highest BCUT2D eigenvalue weighted by atomic mass is 16.1. The molecule has 0 aliphatic carbocycles. The van der Waals surface area contributed by atoms with Gasteiger partial charge in [0, 0.05) is 17.2 Å². The van der Waals surface area contributed by atoms with E-state index >= 15 is 0 Å². The average molecular weight is 181 g/mol. The maximum absolute atomic E-state index is 11.6. The zero-order valence-corrected chi connectivity index (χ0v) is 7.40. The summed E-state index contributed by atoms with van der Waals surface area (Å²) in [5, 5.41) is 2.04. The molecule has 1 aliphatic rings. The van der Waals surface area contributed by atoms with Crippen LogP contribution in [-0.2, 0) is 0 Å². The lowest BCUT2D eigenvalue weighted by atomic mass is 10.1. The molecule has 2 heteroatoms. The third kappa shape index (κ3) is 0.852. The first kappa shape index (κ1) is 7.44. The molecule has 0 atom stereocenters. The zero-order chi connectivity index (χ0) is 9.54. The molecule has 0 bridgehead atoms. The Morgan fingerprint density at radius 3 is 2.64 bits per heavy atom. The van der Waals surface area contributed by atoms with Crippen molar-refractivity contribution < 1.29 is 0 Å². The molecule has 2 aromatic rings. The second-order valence-electron chi connectivity index (χ2n) is 3.31. The van der Waals surface area contributed by atoms with Crippen molar-refractivity contribution in [1.82, 2.24) is 0 Å². The van der Waals surface area contributed by atoms with Crippen LogP contribution < -0.4 is 5.43 Å². The normalized spacial score (nSPS) is 12.3. The molecule has 0 N–H and O–H groups in total. The number of hydrogen-bond acceptors (Lipinski definition) is 2. The van der Waals surface area contributed by atoms with Gasteiger partial charge in [0.05, 0.1) is 0 Å². The van der Waals surface area contributed by atoms with Crippen molar-refractivity contribution in [3.63, 3.8) is 0 Å². The van der Waals surface area contributed by atoms with Crippen LogP contribution in [0.2, 0.25) is 0 Å². The standard InChI is InChI=1S/C12H7NO/c14-10-6-2-4-8-3-1-5-9-7-13-12(10)11(8)9/h1-7H. The molecule has 0 aromatic heterocycles. The van der Waals surface area contributed by atoms with E-state index in [0.29, 0.717) is 5.69 Å². The van der Waals surface area contributed by atoms with E-state index in [1.54, 1.807) is 18.3 Å². The molecule has 0 radical (unpaired) electrons. The minimum atomic E-state index is -0.0128. The van der Waals surface area contributed by atoms with Gasteiger partial charge in [-0.25, -0.2) is 0 Å². The molecular weight excluding hydrogens is 174 g/mol. The molecule has 0 saturated heterocycles. The summed E-state index contributed by atoms with van der Waals surface area (Å²) in [5.74, 6) is 0. The van der Waals surface area contributed by atoms with Gasteiger partial charge in [-0.15, -0.1) is 0 Å². The van der Waals surface area contributed by atoms with Gasteiger partial charge in [0.1, 0.15) is 5.69 Å². The lowest BCUT2D eigenvalue weighted by Crippen LogP contribution is -1.91. The first-order chi connectivity index (χ1) is 6.86. The summed E-state index contributed by atoms with van der Waals surface area (Å²) < 4.78 is 0. The second kappa shape index (κ2) is 2.51. The SMILES string of the molecule is O=c1cccc2cccc3c2c1N=C3. The van der Waals surface area contributed by atoms with Gasteiger partial charge in [-0.2, -0.15) is 0 Å². The van der Waals surface area contributed by atoms with Crippen molar-refractivity contribution in [1.29, 1.82) is 0 Å². The molecule has 2 nitrogen and oxygen atoms in total. The smallest absolute Gasteiger partial charge is 0.204 e. The highest BCUT2D eigenvalue weighted by Crippen LogP contribution is 2.28. The fourth-order valence-electron chi connectivity index (χ4n) is 1.81. The molecule has 0 fully saturated rings. The molecule has 14 heavy (non-hydrogen) atoms. The third-order valence-corrected chi connectivity index (χ3v) is 2.46. The molecule has 3 rings (SSSR count). The molecule has 2 aromatic carbocycles. The number of rotatable bonds is 0. The lowest BCUT2D eigenvalue weighted by Gasteiger charge is -1.93. The van der Waals surface area contributed by atoms with Crippen LogP contribution in [0.25, 0.3) is 10.8 Å². The van der Waals surface area contributed by atoms with E-state index in [0.717, 1.165) is 16.3 Å². The van der Waals surface area contributed by atoms with Crippen LogP contribution in [0.5, 0.6) is 0 Å². The van der Waals surface area contributed by atoms with Crippen molar-refractivity contribution in [2.75, 3.05) is 0 Å². The summed E-state index contributed by atoms with van der Waals surface area (Å²) in [6.07, 6.45) is 1.75. The number of nitrogens with zero attached hydrogens (tertiary/aromatic N) is 1. The van der Waals surface area contributed by atoms with Crippen LogP contribution in [0.3, 0.4) is 0 Å². The fraction of sp³-hybridized carbons (Fsp3) is 0. The van der Waals surface area contributed by atoms with Crippen molar-refractivity contribution in [2.45, 2.75) is 0 Å². The third-order valence-electron chi connectivity index (χ3n) is 2.46. The maximum Gasteiger partial charge on any atom is 0.204 e. The Balaban J connectivity index is 2.71. The topological polar surface area (TPSA) is 29.4 Å². The van der Waals surface area contributed by atoms with E-state index < -0.39 is 0 Å². The zero-order valence-electron chi connectivity index (χ0n) is 7.40. The Bertz CT molecular complexity index is 614. The summed E-state index contributed by atoms with van der Waals surface area (Å²) in [6.45, 7) is 0. The van der Waals surface area contributed by atoms with Crippen molar-refractivity contribution in [2.24, 2.45) is 4.99 Å². The van der Waals surface area contributed by atoms with E-state index in [1.165, 1.54) is 0 Å². The van der Waals surface area contributed by atoms with Crippen LogP contribution in [0.1, 0.15) is 5.56 Å². The van der Waals surface area contributed by atoms with Gasteiger partial charge >= 0.3 is 0 Å². The van der Waals surface area contributed by atoms with Gasteiger partial charge in [-0.05, 0) is 11.5 Å². The number of aliphatic imine (C=N–C) groups is 1. The molecule has 0 saturated carbocycles. The Kier molecular flexibility index (Phi) is 1.34. The molecule has 66 valence electrons. The summed E-state index contributed by atoms with van der Waals surface area (Å²) >= 11 is 0. The van der Waals surface area contributed by atoms with Crippen molar-refractivity contribution in [3.8, 4) is 0 Å². The first-order valence-corrected chi connectivity index (χ1v) is 4.46. The van der Waals surface area contributed by atoms with E-state index in [2.05, 4.69) is 4.99 Å². The molecule has 0 spiro atoms. The fourth-order valence-corrected chi connectivity index (χ4v) is 1.81. The van der Waals surface area contributed by atoms with Gasteiger partial charge in [0.2, 0.25) is 5.43 Å². The highest BCUT2D eigenvalue weighted by molar-refractivity contribution is 6.10. The van der Waals surface area contributed by atoms with E-state index in [9.17, 15) is 4.79 Å². The molecule has 0 unspecified atom stereocenters. The summed E-state index contributed by atoms with van der Waals surface area (Å²) in [5.41, 5.74) is 1.59. The number of benzene rings is 1. The van der Waals surface area contributed by atoms with E-state index in [1.807, 2.05) is 24.3 Å². The second-order valence-corrected chi connectivity index (χ2v) is 3.31. The minimum absolute atomic E-state index is 0.0128. The van der Waals surface area contributed by atoms with Crippen LogP contribution in [-0.4, -0.2) is 6.21 Å². The minimum Gasteiger partial charge on any atom is -0.288 e. The Morgan fingerprint density at radius 1 is 1.00 bits per heavy atom. The lowest BCUT2D eigenvalue weighted by molar-refractivity contribution is 1.56. The van der Waals surface area contributed by atoms with Gasteiger partial charge < -0.3 is 0 Å². The first-order valence-electron chi connectivity index (χ1n) is 4.46. The summed E-state index contributed by atoms with van der Waals surface area (Å²) in [7, 11) is 0. The molecule has 1 aliphatic heterocycles. The Labute approximate surface area is 80.5 Å². The van der Waals surface area contributed by atoms with Crippen LogP contribution in [0.15, 0.2) is 46.2 Å². The van der Waals surface area contributed by atoms with Crippen LogP contribution >= 0.6 is 0 Å². The average Bonchev–Trinajstić information content (AvgIpc) is 2.54. The van der Waals surface area contributed by atoms with Crippen LogP contribution in [0.4, 0.5) is 5.69 Å². The van der Waals surface area contributed by atoms with Gasteiger partial charge in [-0.3, -0.25) is 9.79 Å². The Hall–Kier alpha value is -1.96. The van der Waals surface area contributed by atoms with Gasteiger partial charge in [0.25, 0.3) is 0 Å². The molecule has 0 amide bonds. The highest BCUT2D eigenvalue weighted by Gasteiger charge is 2.10. The molecule has 1 heterocycles. The summed E-state index contributed by atoms with van der Waals surface area (Å²) in [6, 6.07) is 11.2. The number of hydrogen-bond donors (Lipinski definition) is 0. The van der Waals surface area contributed by atoms with E-state index in [4.69, 9.17) is 0 Å². The predicted molar refractivity (Wildman–Crippen MR) is 57.5 cm³/mol. The maximum atomic E-state index is 11.6. The quantitative estimate of drug-likeness (QED) is 0.523. The van der Waals surface area contributed by atoms with Crippen LogP contribution in [0, 0.1) is 0 Å². The van der Waals surface area contributed by atoms with Gasteiger partial charge in [-0.1, -0.05) is 30.3 Å². The predicted octanol–water partition coefficient (Wildman–Crippen LogP) is 2.26. The monoisotopic (exact) mass is 181 g/mol. The summed E-state index contributed by atoms with van der Waals surface area (Å²) in [4.78, 5) is 15.7. The van der Waals surface area contributed by atoms with E-state index in [-0.39, 0.29) is 5.43 Å². The largest absolute Gasteiger partial charge is 0.288 e. The molecular formula is C12H7NO.